The first-order valence-electron chi connectivity index (χ1n) is 7.99. The van der Waals surface area contributed by atoms with Crippen molar-refractivity contribution >= 4 is 0 Å². The quantitative estimate of drug-likeness (QED) is 0.874. The monoisotopic (exact) mass is 372 g/mol. The molecule has 1 aromatic heterocycles. The summed E-state index contributed by atoms with van der Waals surface area (Å²) in [7, 11) is 0. The molecule has 1 aliphatic rings. The maximum Gasteiger partial charge on any atom is 0.573 e. The van der Waals surface area contributed by atoms with Crippen molar-refractivity contribution in [3.63, 3.8) is 0 Å². The topological polar surface area (TPSA) is 65.7 Å². The van der Waals surface area contributed by atoms with E-state index in [0.717, 1.165) is 0 Å². The van der Waals surface area contributed by atoms with Gasteiger partial charge < -0.3 is 19.3 Å². The van der Waals surface area contributed by atoms with Gasteiger partial charge in [-0.2, -0.15) is 0 Å². The molecule has 6 nitrogen and oxygen atoms in total. The summed E-state index contributed by atoms with van der Waals surface area (Å²) in [6, 6.07) is 5.93. The molecule has 1 aliphatic heterocycles. The molecule has 142 valence electrons. The number of rotatable bonds is 5. The number of alkyl halides is 3. The SMILES string of the molecule is CC(C)(O)c1cnc2n1C[C@H](OCc1ccc(OC(F)(F)F)cc1)CO2. The molecule has 2 heterocycles. The van der Waals surface area contributed by atoms with Crippen LogP contribution < -0.4 is 9.47 Å². The van der Waals surface area contributed by atoms with Crippen molar-refractivity contribution < 1.29 is 32.5 Å². The fourth-order valence-corrected chi connectivity index (χ4v) is 2.66. The number of imidazole rings is 1. The number of ether oxygens (including phenoxy) is 3. The van der Waals surface area contributed by atoms with Gasteiger partial charge in [0.1, 0.15) is 24.1 Å². The largest absolute Gasteiger partial charge is 0.573 e. The van der Waals surface area contributed by atoms with E-state index >= 15 is 0 Å². The van der Waals surface area contributed by atoms with Gasteiger partial charge in [-0.15, -0.1) is 13.2 Å². The maximum atomic E-state index is 12.2. The van der Waals surface area contributed by atoms with Crippen LogP contribution in [0.2, 0.25) is 0 Å². The third-order valence-electron chi connectivity index (χ3n) is 3.87. The lowest BCUT2D eigenvalue weighted by Crippen LogP contribution is -2.35. The molecule has 0 spiro atoms. The fraction of sp³-hybridized carbons (Fsp3) is 0.471. The highest BCUT2D eigenvalue weighted by molar-refractivity contribution is 5.27. The van der Waals surface area contributed by atoms with Crippen molar-refractivity contribution in [2.45, 2.75) is 45.1 Å². The van der Waals surface area contributed by atoms with E-state index in [2.05, 4.69) is 9.72 Å². The predicted molar refractivity (Wildman–Crippen MR) is 84.7 cm³/mol. The predicted octanol–water partition coefficient (Wildman–Crippen LogP) is 2.99. The minimum atomic E-state index is -4.71. The fourth-order valence-electron chi connectivity index (χ4n) is 2.66. The van der Waals surface area contributed by atoms with E-state index < -0.39 is 12.0 Å². The molecule has 0 aliphatic carbocycles. The Balaban J connectivity index is 1.59. The van der Waals surface area contributed by atoms with Gasteiger partial charge in [0.2, 0.25) is 0 Å². The van der Waals surface area contributed by atoms with Crippen LogP contribution in [0.3, 0.4) is 0 Å². The van der Waals surface area contributed by atoms with Gasteiger partial charge in [-0.3, -0.25) is 4.57 Å². The molecule has 0 radical (unpaired) electrons. The molecular formula is C17H19F3N2O4. The highest BCUT2D eigenvalue weighted by Gasteiger charge is 2.31. The van der Waals surface area contributed by atoms with Crippen molar-refractivity contribution in [2.75, 3.05) is 6.61 Å². The van der Waals surface area contributed by atoms with Gasteiger partial charge in [-0.05, 0) is 31.5 Å². The number of hydrogen-bond donors (Lipinski definition) is 1. The summed E-state index contributed by atoms with van der Waals surface area (Å²) in [4.78, 5) is 4.13. The van der Waals surface area contributed by atoms with E-state index in [-0.39, 0.29) is 18.5 Å². The zero-order valence-corrected chi connectivity index (χ0v) is 14.3. The van der Waals surface area contributed by atoms with E-state index in [4.69, 9.17) is 9.47 Å². The van der Waals surface area contributed by atoms with Crippen molar-refractivity contribution in [3.8, 4) is 11.8 Å². The second-order valence-corrected chi connectivity index (χ2v) is 6.53. The highest BCUT2D eigenvalue weighted by atomic mass is 19.4. The summed E-state index contributed by atoms with van der Waals surface area (Å²) in [6.45, 7) is 4.29. The van der Waals surface area contributed by atoms with Gasteiger partial charge in [0, 0.05) is 0 Å². The Morgan fingerprint density at radius 3 is 2.58 bits per heavy atom. The Hall–Kier alpha value is -2.26. The number of nitrogens with zero attached hydrogens (tertiary/aromatic N) is 2. The van der Waals surface area contributed by atoms with Crippen LogP contribution in [0.5, 0.6) is 11.8 Å². The van der Waals surface area contributed by atoms with Gasteiger partial charge in [0.25, 0.3) is 6.01 Å². The van der Waals surface area contributed by atoms with Crippen LogP contribution in [0.15, 0.2) is 30.5 Å². The van der Waals surface area contributed by atoms with Gasteiger partial charge >= 0.3 is 6.36 Å². The van der Waals surface area contributed by atoms with Gasteiger partial charge in [-0.25, -0.2) is 4.98 Å². The van der Waals surface area contributed by atoms with Gasteiger partial charge in [-0.1, -0.05) is 12.1 Å². The van der Waals surface area contributed by atoms with Crippen molar-refractivity contribution in [3.05, 3.63) is 41.7 Å². The lowest BCUT2D eigenvalue weighted by Gasteiger charge is -2.28. The third kappa shape index (κ3) is 4.47. The second kappa shape index (κ2) is 6.81. The Kier molecular flexibility index (Phi) is 4.85. The normalized spacial score (nSPS) is 17.5. The highest BCUT2D eigenvalue weighted by Crippen LogP contribution is 2.28. The van der Waals surface area contributed by atoms with E-state index in [9.17, 15) is 18.3 Å². The minimum absolute atomic E-state index is 0.211. The van der Waals surface area contributed by atoms with Crippen LogP contribution in [-0.2, 0) is 23.5 Å². The number of fused-ring (bicyclic) bond motifs is 1. The minimum Gasteiger partial charge on any atom is -0.462 e. The lowest BCUT2D eigenvalue weighted by molar-refractivity contribution is -0.274. The molecule has 0 amide bonds. The smallest absolute Gasteiger partial charge is 0.462 e. The summed E-state index contributed by atoms with van der Waals surface area (Å²) < 4.78 is 53.4. The molecule has 26 heavy (non-hydrogen) atoms. The molecule has 0 unspecified atom stereocenters. The molecule has 1 N–H and O–H groups in total. The molecule has 0 bridgehead atoms. The molecular weight excluding hydrogens is 353 g/mol. The first kappa shape index (κ1) is 18.5. The van der Waals surface area contributed by atoms with Crippen molar-refractivity contribution in [1.29, 1.82) is 0 Å². The lowest BCUT2D eigenvalue weighted by atomic mass is 10.1. The molecule has 3 rings (SSSR count). The standard InChI is InChI=1S/C17H19F3N2O4/c1-16(2,23)14-7-21-15-22(14)8-13(10-25-15)24-9-11-3-5-12(6-4-11)26-17(18,19)20/h3-7,13,23H,8-10H2,1-2H3/t13-/m0/s1. The molecule has 1 aromatic carbocycles. The second-order valence-electron chi connectivity index (χ2n) is 6.53. The third-order valence-corrected chi connectivity index (χ3v) is 3.87. The zero-order chi connectivity index (χ0) is 18.9. The molecule has 1 atom stereocenters. The van der Waals surface area contributed by atoms with E-state index in [1.807, 2.05) is 0 Å². The van der Waals surface area contributed by atoms with E-state index in [1.165, 1.54) is 24.3 Å². The summed E-state index contributed by atoms with van der Waals surface area (Å²) in [5, 5.41) is 10.2. The van der Waals surface area contributed by atoms with Crippen molar-refractivity contribution in [2.24, 2.45) is 0 Å². The Morgan fingerprint density at radius 2 is 1.96 bits per heavy atom. The maximum absolute atomic E-state index is 12.2. The van der Waals surface area contributed by atoms with Crippen LogP contribution in [-0.4, -0.2) is 33.7 Å². The molecule has 0 saturated carbocycles. The van der Waals surface area contributed by atoms with Crippen molar-refractivity contribution in [1.82, 2.24) is 9.55 Å². The van der Waals surface area contributed by atoms with Crippen LogP contribution in [0.4, 0.5) is 13.2 Å². The number of benzene rings is 1. The molecule has 2 aromatic rings. The Labute approximate surface area is 148 Å². The molecule has 0 saturated heterocycles. The first-order chi connectivity index (χ1) is 12.1. The van der Waals surface area contributed by atoms with Crippen LogP contribution in [0.25, 0.3) is 0 Å². The number of halogens is 3. The summed E-state index contributed by atoms with van der Waals surface area (Å²) in [5.41, 5.74) is 0.262. The average molecular weight is 372 g/mol. The number of aliphatic hydroxyl groups is 1. The van der Waals surface area contributed by atoms with E-state index in [0.29, 0.717) is 30.4 Å². The van der Waals surface area contributed by atoms with Crippen LogP contribution >= 0.6 is 0 Å². The van der Waals surface area contributed by atoms with Crippen LogP contribution in [0, 0.1) is 0 Å². The Bertz CT molecular complexity index is 751. The van der Waals surface area contributed by atoms with E-state index in [1.54, 1.807) is 24.6 Å². The summed E-state index contributed by atoms with van der Waals surface area (Å²) >= 11 is 0. The summed E-state index contributed by atoms with van der Waals surface area (Å²) in [5.74, 6) is -0.278. The molecule has 9 heteroatoms. The van der Waals surface area contributed by atoms with Crippen LogP contribution in [0.1, 0.15) is 25.1 Å². The number of hydrogen-bond acceptors (Lipinski definition) is 5. The summed E-state index contributed by atoms with van der Waals surface area (Å²) in [6.07, 6.45) is -3.42. The zero-order valence-electron chi connectivity index (χ0n) is 14.3. The first-order valence-corrected chi connectivity index (χ1v) is 7.99. The molecule has 0 fully saturated rings. The van der Waals surface area contributed by atoms with Gasteiger partial charge in [0.15, 0.2) is 0 Å². The van der Waals surface area contributed by atoms with Gasteiger partial charge in [0.05, 0.1) is 25.0 Å². The Morgan fingerprint density at radius 1 is 1.27 bits per heavy atom. The number of aromatic nitrogens is 2. The average Bonchev–Trinajstić information content (AvgIpc) is 2.96.